The topological polar surface area (TPSA) is 26.0 Å². The molecular formula is C16H22N4S2. The molecule has 0 amide bonds. The van der Waals surface area contributed by atoms with Crippen LogP contribution in [-0.4, -0.2) is 32.3 Å². The first-order valence-corrected chi connectivity index (χ1v) is 9.47. The Bertz CT molecular complexity index is 688. The maximum absolute atomic E-state index is 5.74. The van der Waals surface area contributed by atoms with Crippen molar-refractivity contribution < 1.29 is 0 Å². The third-order valence-corrected chi connectivity index (χ3v) is 6.01. The predicted molar refractivity (Wildman–Crippen MR) is 92.6 cm³/mol. The average Bonchev–Trinajstić information content (AvgIpc) is 3.09. The zero-order chi connectivity index (χ0) is 15.1. The third-order valence-electron chi connectivity index (χ3n) is 4.73. The zero-order valence-corrected chi connectivity index (χ0v) is 14.6. The standard InChI is InChI=1S/C16H22N4S2/c1-12-6-8-18(9-7-12)11-19-16(21)20(13-4-5-13)15(17-19)14-3-2-10-22-14/h2-3,10,12-13H,4-9,11H2,1H3. The molecule has 0 atom stereocenters. The van der Waals surface area contributed by atoms with Gasteiger partial charge < -0.3 is 0 Å². The van der Waals surface area contributed by atoms with Crippen LogP contribution in [0.1, 0.15) is 38.6 Å². The highest BCUT2D eigenvalue weighted by Crippen LogP contribution is 2.39. The van der Waals surface area contributed by atoms with Crippen LogP contribution in [0.2, 0.25) is 0 Å². The second-order valence-corrected chi connectivity index (χ2v) is 7.94. The largest absolute Gasteiger partial charge is 0.296 e. The lowest BCUT2D eigenvalue weighted by Crippen LogP contribution is -2.34. The smallest absolute Gasteiger partial charge is 0.199 e. The molecule has 2 aromatic rings. The van der Waals surface area contributed by atoms with Crippen molar-refractivity contribution in [2.24, 2.45) is 5.92 Å². The number of thiophene rings is 1. The van der Waals surface area contributed by atoms with Crippen LogP contribution in [0.4, 0.5) is 0 Å². The van der Waals surface area contributed by atoms with Crippen molar-refractivity contribution >= 4 is 23.6 Å². The lowest BCUT2D eigenvalue weighted by molar-refractivity contribution is 0.146. The van der Waals surface area contributed by atoms with Gasteiger partial charge in [0, 0.05) is 19.1 Å². The van der Waals surface area contributed by atoms with Crippen LogP contribution in [0.5, 0.6) is 0 Å². The molecule has 0 unspecified atom stereocenters. The molecule has 1 saturated carbocycles. The summed E-state index contributed by atoms with van der Waals surface area (Å²) >= 11 is 7.48. The van der Waals surface area contributed by atoms with E-state index in [1.54, 1.807) is 11.3 Å². The summed E-state index contributed by atoms with van der Waals surface area (Å²) in [6.07, 6.45) is 5.04. The summed E-state index contributed by atoms with van der Waals surface area (Å²) in [6, 6.07) is 4.80. The van der Waals surface area contributed by atoms with Gasteiger partial charge in [0.15, 0.2) is 10.6 Å². The highest BCUT2D eigenvalue weighted by Gasteiger charge is 2.29. The first-order valence-electron chi connectivity index (χ1n) is 8.18. The van der Waals surface area contributed by atoms with Gasteiger partial charge in [-0.2, -0.15) is 0 Å². The fourth-order valence-electron chi connectivity index (χ4n) is 3.14. The Hall–Kier alpha value is -0.980. The molecule has 118 valence electrons. The van der Waals surface area contributed by atoms with Gasteiger partial charge in [-0.3, -0.25) is 9.47 Å². The summed E-state index contributed by atoms with van der Waals surface area (Å²) in [5.41, 5.74) is 0. The van der Waals surface area contributed by atoms with E-state index in [4.69, 9.17) is 17.3 Å². The molecule has 1 saturated heterocycles. The molecule has 2 fully saturated rings. The lowest BCUT2D eigenvalue weighted by atomic mass is 10.00. The minimum absolute atomic E-state index is 0.569. The van der Waals surface area contributed by atoms with Crippen LogP contribution >= 0.6 is 23.6 Å². The van der Waals surface area contributed by atoms with E-state index in [0.29, 0.717) is 6.04 Å². The molecule has 0 radical (unpaired) electrons. The van der Waals surface area contributed by atoms with E-state index in [1.165, 1.54) is 30.6 Å². The number of aromatic nitrogens is 3. The maximum Gasteiger partial charge on any atom is 0.199 e. The Morgan fingerprint density at radius 3 is 2.68 bits per heavy atom. The van der Waals surface area contributed by atoms with Crippen LogP contribution in [0.3, 0.4) is 0 Å². The number of hydrogen-bond donors (Lipinski definition) is 0. The molecule has 3 heterocycles. The number of hydrogen-bond acceptors (Lipinski definition) is 4. The summed E-state index contributed by atoms with van der Waals surface area (Å²) in [6.45, 7) is 5.50. The fourth-order valence-corrected chi connectivity index (χ4v) is 4.18. The van der Waals surface area contributed by atoms with Crippen LogP contribution in [0.15, 0.2) is 17.5 Å². The van der Waals surface area contributed by atoms with Crippen LogP contribution in [0, 0.1) is 10.7 Å². The molecule has 0 spiro atoms. The lowest BCUT2D eigenvalue weighted by Gasteiger charge is -2.29. The summed E-state index contributed by atoms with van der Waals surface area (Å²) in [7, 11) is 0. The number of nitrogens with zero attached hydrogens (tertiary/aromatic N) is 4. The Balaban J connectivity index is 1.63. The summed E-state index contributed by atoms with van der Waals surface area (Å²) in [5, 5.41) is 6.98. The van der Waals surface area contributed by atoms with Gasteiger partial charge in [0.1, 0.15) is 0 Å². The van der Waals surface area contributed by atoms with Crippen molar-refractivity contribution in [2.75, 3.05) is 13.1 Å². The van der Waals surface area contributed by atoms with Crippen molar-refractivity contribution in [3.05, 3.63) is 22.3 Å². The van der Waals surface area contributed by atoms with Crippen molar-refractivity contribution in [2.45, 2.75) is 45.3 Å². The second kappa shape index (κ2) is 5.91. The zero-order valence-electron chi connectivity index (χ0n) is 12.9. The molecule has 1 aliphatic carbocycles. The van der Waals surface area contributed by atoms with Gasteiger partial charge in [-0.25, -0.2) is 4.68 Å². The first kappa shape index (κ1) is 14.6. The summed E-state index contributed by atoms with van der Waals surface area (Å²) in [4.78, 5) is 3.71. The maximum atomic E-state index is 5.74. The van der Waals surface area contributed by atoms with Gasteiger partial charge in [-0.15, -0.1) is 16.4 Å². The number of likely N-dealkylation sites (tertiary alicyclic amines) is 1. The molecular weight excluding hydrogens is 312 g/mol. The van der Waals surface area contributed by atoms with E-state index in [1.807, 2.05) is 4.68 Å². The van der Waals surface area contributed by atoms with Crippen LogP contribution in [-0.2, 0) is 6.67 Å². The Morgan fingerprint density at radius 1 is 1.27 bits per heavy atom. The van der Waals surface area contributed by atoms with E-state index in [-0.39, 0.29) is 0 Å². The Labute approximate surface area is 140 Å². The molecule has 4 rings (SSSR count). The van der Waals surface area contributed by atoms with Gasteiger partial charge in [-0.05, 0) is 55.3 Å². The SMILES string of the molecule is CC1CCN(Cn2nc(-c3cccs3)n(C3CC3)c2=S)CC1. The molecule has 0 aromatic carbocycles. The predicted octanol–water partition coefficient (Wildman–Crippen LogP) is 4.17. The average molecular weight is 335 g/mol. The molecule has 0 bridgehead atoms. The van der Waals surface area contributed by atoms with Gasteiger partial charge in [0.05, 0.1) is 11.5 Å². The first-order chi connectivity index (χ1) is 10.7. The second-order valence-electron chi connectivity index (χ2n) is 6.63. The van der Waals surface area contributed by atoms with Crippen molar-refractivity contribution in [3.63, 3.8) is 0 Å². The normalized spacial score (nSPS) is 20.6. The highest BCUT2D eigenvalue weighted by molar-refractivity contribution is 7.71. The van der Waals surface area contributed by atoms with Crippen molar-refractivity contribution in [1.82, 2.24) is 19.2 Å². The van der Waals surface area contributed by atoms with Gasteiger partial charge in [0.25, 0.3) is 0 Å². The van der Waals surface area contributed by atoms with E-state index in [9.17, 15) is 0 Å². The Kier molecular flexibility index (Phi) is 3.92. The molecule has 1 aliphatic heterocycles. The van der Waals surface area contributed by atoms with Gasteiger partial charge in [-0.1, -0.05) is 13.0 Å². The highest BCUT2D eigenvalue weighted by atomic mass is 32.1. The van der Waals surface area contributed by atoms with Crippen molar-refractivity contribution in [3.8, 4) is 10.7 Å². The van der Waals surface area contributed by atoms with Crippen LogP contribution < -0.4 is 0 Å². The number of rotatable bonds is 4. The van der Waals surface area contributed by atoms with Gasteiger partial charge >= 0.3 is 0 Å². The van der Waals surface area contributed by atoms with Crippen molar-refractivity contribution in [1.29, 1.82) is 0 Å². The molecule has 2 aromatic heterocycles. The molecule has 2 aliphatic rings. The summed E-state index contributed by atoms with van der Waals surface area (Å²) in [5.74, 6) is 1.92. The van der Waals surface area contributed by atoms with E-state index in [0.717, 1.165) is 36.3 Å². The van der Waals surface area contributed by atoms with E-state index in [2.05, 4.69) is 33.9 Å². The molecule has 22 heavy (non-hydrogen) atoms. The van der Waals surface area contributed by atoms with E-state index < -0.39 is 0 Å². The molecule has 0 N–H and O–H groups in total. The monoisotopic (exact) mass is 334 g/mol. The van der Waals surface area contributed by atoms with Gasteiger partial charge in [0.2, 0.25) is 0 Å². The Morgan fingerprint density at radius 2 is 2.05 bits per heavy atom. The molecule has 6 heteroatoms. The third kappa shape index (κ3) is 2.79. The molecule has 4 nitrogen and oxygen atoms in total. The minimum atomic E-state index is 0.569. The van der Waals surface area contributed by atoms with E-state index >= 15 is 0 Å². The fraction of sp³-hybridized carbons (Fsp3) is 0.625. The number of piperidine rings is 1. The minimum Gasteiger partial charge on any atom is -0.296 e. The quantitative estimate of drug-likeness (QED) is 0.785. The van der Waals surface area contributed by atoms with Crippen LogP contribution in [0.25, 0.3) is 10.7 Å². The summed E-state index contributed by atoms with van der Waals surface area (Å²) < 4.78 is 5.22.